The van der Waals surface area contributed by atoms with Crippen LogP contribution in [0.3, 0.4) is 0 Å². The third-order valence-corrected chi connectivity index (χ3v) is 5.77. The van der Waals surface area contributed by atoms with Gasteiger partial charge in [0, 0.05) is 35.9 Å². The second-order valence-electron chi connectivity index (χ2n) is 6.73. The summed E-state index contributed by atoms with van der Waals surface area (Å²) in [5, 5.41) is 17.6. The van der Waals surface area contributed by atoms with Gasteiger partial charge in [0.05, 0.1) is 12.2 Å². The average molecular weight is 429 g/mol. The lowest BCUT2D eigenvalue weighted by atomic mass is 10.1. The number of anilines is 3. The maximum atomic E-state index is 6.30. The number of nitrogens with one attached hydrogen (secondary N) is 2. The van der Waals surface area contributed by atoms with Crippen molar-refractivity contribution in [3.8, 4) is 10.7 Å². The molecule has 2 N–H and O–H groups in total. The van der Waals surface area contributed by atoms with Gasteiger partial charge >= 0.3 is 0 Å². The number of aromatic nitrogens is 6. The number of H-pyrrole nitrogens is 1. The monoisotopic (exact) mass is 428 g/mol. The van der Waals surface area contributed by atoms with E-state index < -0.39 is 0 Å². The molecule has 0 aliphatic carbocycles. The minimum atomic E-state index is 0.0119. The third kappa shape index (κ3) is 3.56. The molecule has 1 fully saturated rings. The summed E-state index contributed by atoms with van der Waals surface area (Å²) in [4.78, 5) is 15.5. The summed E-state index contributed by atoms with van der Waals surface area (Å²) in [6.45, 7) is 2.75. The number of rotatable bonds is 5. The molecule has 148 valence electrons. The average Bonchev–Trinajstić information content (AvgIpc) is 3.50. The second-order valence-corrected chi connectivity index (χ2v) is 8.03. The predicted molar refractivity (Wildman–Crippen MR) is 111 cm³/mol. The van der Waals surface area contributed by atoms with E-state index in [1.54, 1.807) is 12.4 Å². The van der Waals surface area contributed by atoms with Crippen LogP contribution in [0.4, 0.5) is 17.6 Å². The van der Waals surface area contributed by atoms with Crippen molar-refractivity contribution in [3.05, 3.63) is 46.4 Å². The van der Waals surface area contributed by atoms with Crippen molar-refractivity contribution in [2.75, 3.05) is 16.8 Å². The van der Waals surface area contributed by atoms with Crippen LogP contribution in [0, 0.1) is 6.92 Å². The van der Waals surface area contributed by atoms with Crippen molar-refractivity contribution in [3.63, 3.8) is 0 Å². The Hall–Kier alpha value is -2.98. The Balaban J connectivity index is 1.42. The van der Waals surface area contributed by atoms with E-state index in [1.807, 2.05) is 24.4 Å². The van der Waals surface area contributed by atoms with Gasteiger partial charge in [-0.15, -0.1) is 11.3 Å². The van der Waals surface area contributed by atoms with Crippen LogP contribution in [0.1, 0.15) is 30.3 Å². The topological polar surface area (TPSA) is 109 Å². The maximum Gasteiger partial charge on any atom is 0.228 e. The molecule has 0 radical (unpaired) electrons. The molecule has 0 unspecified atom stereocenters. The van der Waals surface area contributed by atoms with Gasteiger partial charge in [-0.3, -0.25) is 5.10 Å². The first kappa shape index (κ1) is 18.1. The maximum absolute atomic E-state index is 6.30. The van der Waals surface area contributed by atoms with Crippen LogP contribution in [0.25, 0.3) is 10.7 Å². The van der Waals surface area contributed by atoms with Crippen molar-refractivity contribution < 1.29 is 4.52 Å². The minimum absolute atomic E-state index is 0.0119. The summed E-state index contributed by atoms with van der Waals surface area (Å²) < 4.78 is 5.64. The highest BCUT2D eigenvalue weighted by Crippen LogP contribution is 2.37. The lowest BCUT2D eigenvalue weighted by molar-refractivity contribution is 0.362. The summed E-state index contributed by atoms with van der Waals surface area (Å²) in [6.07, 6.45) is 5.29. The van der Waals surface area contributed by atoms with Gasteiger partial charge in [0.1, 0.15) is 15.7 Å². The number of hydrogen-bond acceptors (Lipinski definition) is 9. The molecule has 9 nitrogen and oxygen atoms in total. The molecule has 5 rings (SSSR count). The van der Waals surface area contributed by atoms with Gasteiger partial charge in [-0.05, 0) is 19.8 Å². The Morgan fingerprint density at radius 2 is 2.28 bits per heavy atom. The van der Waals surface area contributed by atoms with E-state index in [0.717, 1.165) is 41.5 Å². The SMILES string of the molecule is Cc1cc(Nc2nc(N3CCC[C@H]3c3cc(-c4nccs4)no3)ncc2Cl)n[nH]1. The number of halogens is 1. The summed E-state index contributed by atoms with van der Waals surface area (Å²) >= 11 is 7.83. The quantitative estimate of drug-likeness (QED) is 0.482. The molecule has 29 heavy (non-hydrogen) atoms. The Kier molecular flexibility index (Phi) is 4.64. The van der Waals surface area contributed by atoms with E-state index in [9.17, 15) is 0 Å². The molecule has 1 aliphatic heterocycles. The summed E-state index contributed by atoms with van der Waals surface area (Å²) in [5.41, 5.74) is 1.69. The van der Waals surface area contributed by atoms with Crippen LogP contribution < -0.4 is 10.2 Å². The zero-order valence-corrected chi connectivity index (χ0v) is 17.0. The summed E-state index contributed by atoms with van der Waals surface area (Å²) in [6, 6.07) is 3.84. The number of aryl methyl sites for hydroxylation is 1. The normalized spacial score (nSPS) is 16.5. The van der Waals surface area contributed by atoms with Crippen LogP contribution in [-0.2, 0) is 0 Å². The van der Waals surface area contributed by atoms with Crippen molar-refractivity contribution in [2.45, 2.75) is 25.8 Å². The number of aromatic amines is 1. The van der Waals surface area contributed by atoms with Crippen LogP contribution in [-0.4, -0.2) is 36.9 Å². The van der Waals surface area contributed by atoms with Gasteiger partial charge in [0.15, 0.2) is 17.4 Å². The van der Waals surface area contributed by atoms with Crippen molar-refractivity contribution in [1.82, 2.24) is 30.3 Å². The van der Waals surface area contributed by atoms with Gasteiger partial charge in [-0.25, -0.2) is 9.97 Å². The van der Waals surface area contributed by atoms with E-state index in [-0.39, 0.29) is 6.04 Å². The van der Waals surface area contributed by atoms with Crippen molar-refractivity contribution in [2.24, 2.45) is 0 Å². The Morgan fingerprint density at radius 1 is 1.34 bits per heavy atom. The molecule has 0 bridgehead atoms. The number of thiazole rings is 1. The molecule has 0 spiro atoms. The minimum Gasteiger partial charge on any atom is -0.358 e. The largest absolute Gasteiger partial charge is 0.358 e. The third-order valence-electron chi connectivity index (χ3n) is 4.70. The van der Waals surface area contributed by atoms with E-state index in [0.29, 0.717) is 22.6 Å². The van der Waals surface area contributed by atoms with Crippen molar-refractivity contribution >= 4 is 40.5 Å². The lowest BCUT2D eigenvalue weighted by Gasteiger charge is -2.23. The fraction of sp³-hybridized carbons (Fsp3) is 0.278. The smallest absolute Gasteiger partial charge is 0.228 e. The van der Waals surface area contributed by atoms with Gasteiger partial charge in [0.2, 0.25) is 5.95 Å². The summed E-state index contributed by atoms with van der Waals surface area (Å²) in [5.74, 6) is 2.52. The van der Waals surface area contributed by atoms with Crippen LogP contribution in [0.5, 0.6) is 0 Å². The molecule has 1 aliphatic rings. The molecule has 4 aromatic rings. The molecule has 0 aromatic carbocycles. The van der Waals surface area contributed by atoms with E-state index >= 15 is 0 Å². The predicted octanol–water partition coefficient (Wildman–Crippen LogP) is 4.36. The first-order valence-corrected chi connectivity index (χ1v) is 10.4. The summed E-state index contributed by atoms with van der Waals surface area (Å²) in [7, 11) is 0. The highest BCUT2D eigenvalue weighted by atomic mass is 35.5. The van der Waals surface area contributed by atoms with Gasteiger partial charge in [0.25, 0.3) is 0 Å². The van der Waals surface area contributed by atoms with Gasteiger partial charge < -0.3 is 14.7 Å². The van der Waals surface area contributed by atoms with E-state index in [2.05, 4.69) is 40.5 Å². The number of hydrogen-bond donors (Lipinski definition) is 2. The Bertz CT molecular complexity index is 1120. The first-order valence-electron chi connectivity index (χ1n) is 9.12. The molecule has 1 saturated heterocycles. The molecule has 0 amide bonds. The molecule has 4 aromatic heterocycles. The number of nitrogens with zero attached hydrogens (tertiary/aromatic N) is 6. The zero-order chi connectivity index (χ0) is 19.8. The highest BCUT2D eigenvalue weighted by molar-refractivity contribution is 7.13. The zero-order valence-electron chi connectivity index (χ0n) is 15.5. The van der Waals surface area contributed by atoms with Crippen LogP contribution in [0.2, 0.25) is 5.02 Å². The van der Waals surface area contributed by atoms with Crippen LogP contribution in [0.15, 0.2) is 34.4 Å². The standard InChI is InChI=1S/C18H17ClN8OS/c1-10-7-15(25-24-10)22-16-11(19)9-21-18(23-16)27-5-2-3-13(27)14-8-12(26-28-14)17-20-4-6-29-17/h4,6-9,13H,2-3,5H2,1H3,(H2,21,22,23,24,25)/t13-/m0/s1. The second kappa shape index (κ2) is 7.45. The molecular weight excluding hydrogens is 412 g/mol. The molecule has 0 saturated carbocycles. The van der Waals surface area contributed by atoms with Crippen molar-refractivity contribution in [1.29, 1.82) is 0 Å². The Labute approximate surface area is 175 Å². The Morgan fingerprint density at radius 3 is 3.07 bits per heavy atom. The molecule has 1 atom stereocenters. The molecular formula is C18H17ClN8OS. The molecule has 11 heteroatoms. The lowest BCUT2D eigenvalue weighted by Crippen LogP contribution is -2.24. The van der Waals surface area contributed by atoms with E-state index in [4.69, 9.17) is 16.1 Å². The van der Waals surface area contributed by atoms with Crippen LogP contribution >= 0.6 is 22.9 Å². The van der Waals surface area contributed by atoms with E-state index in [1.165, 1.54) is 11.3 Å². The molecule has 5 heterocycles. The first-order chi connectivity index (χ1) is 14.2. The van der Waals surface area contributed by atoms with Gasteiger partial charge in [-0.2, -0.15) is 10.1 Å². The fourth-order valence-corrected chi connectivity index (χ4v) is 4.11. The fourth-order valence-electron chi connectivity index (χ4n) is 3.39. The highest BCUT2D eigenvalue weighted by Gasteiger charge is 2.32. The van der Waals surface area contributed by atoms with Gasteiger partial charge in [-0.1, -0.05) is 16.8 Å².